The molecule has 0 aliphatic heterocycles. The number of fused-ring (bicyclic) bond motifs is 2. The van der Waals surface area contributed by atoms with Crippen molar-refractivity contribution >= 4 is 31.5 Å². The number of hydrogen-bond donors (Lipinski definition) is 0. The summed E-state index contributed by atoms with van der Waals surface area (Å²) in [5.41, 5.74) is 5.58. The third kappa shape index (κ3) is 5.63. The Hall–Kier alpha value is -3.23. The quantitative estimate of drug-likeness (QED) is 0.243. The molecule has 0 atom stereocenters. The Morgan fingerprint density at radius 2 is 1.21 bits per heavy atom. The highest BCUT2D eigenvalue weighted by Crippen LogP contribution is 2.27. The van der Waals surface area contributed by atoms with E-state index < -0.39 is 0 Å². The van der Waals surface area contributed by atoms with E-state index in [4.69, 9.17) is 0 Å². The molecule has 1 aromatic heterocycles. The summed E-state index contributed by atoms with van der Waals surface area (Å²) in [7, 11) is 0. The van der Waals surface area contributed by atoms with Crippen molar-refractivity contribution in [2.24, 2.45) is 0 Å². The minimum Gasteiger partial charge on any atom is -0.289 e. The Morgan fingerprint density at radius 1 is 0.588 bits per heavy atom. The summed E-state index contributed by atoms with van der Waals surface area (Å²) in [5, 5.41) is 1.68. The zero-order valence-electron chi connectivity index (χ0n) is 20.4. The first kappa shape index (κ1) is 23.9. The molecule has 0 N–H and O–H groups in total. The molecule has 4 aromatic carbocycles. The van der Waals surface area contributed by atoms with Crippen LogP contribution in [-0.4, -0.2) is 0 Å². The van der Waals surface area contributed by atoms with Gasteiger partial charge in [-0.25, -0.2) is 0 Å². The van der Waals surface area contributed by atoms with Crippen molar-refractivity contribution < 1.29 is 0 Å². The molecule has 0 aliphatic rings. The van der Waals surface area contributed by atoms with E-state index in [0.717, 1.165) is 26.6 Å². The first-order chi connectivity index (χ1) is 16.4. The van der Waals surface area contributed by atoms with Crippen molar-refractivity contribution in [3.8, 4) is 0 Å². The van der Waals surface area contributed by atoms with Crippen molar-refractivity contribution in [3.63, 3.8) is 0 Å². The molecule has 0 saturated carbocycles. The fourth-order valence-corrected chi connectivity index (χ4v) is 5.13. The molecule has 0 unspecified atom stereocenters. The van der Waals surface area contributed by atoms with Gasteiger partial charge in [-0.2, -0.15) is 0 Å². The first-order valence-electron chi connectivity index (χ1n) is 12.0. The molecule has 5 aromatic rings. The largest absolute Gasteiger partial charge is 0.289 e. The van der Waals surface area contributed by atoms with Gasteiger partial charge in [0.15, 0.2) is 5.43 Å². The van der Waals surface area contributed by atoms with E-state index in [9.17, 15) is 4.79 Å². The second-order valence-electron chi connectivity index (χ2n) is 9.40. The van der Waals surface area contributed by atoms with Crippen LogP contribution < -0.4 is 5.43 Å². The van der Waals surface area contributed by atoms with Gasteiger partial charge in [-0.3, -0.25) is 4.79 Å². The lowest BCUT2D eigenvalue weighted by molar-refractivity contribution is 0.863. The van der Waals surface area contributed by atoms with Gasteiger partial charge in [0.25, 0.3) is 0 Å². The molecule has 2 heteroatoms. The molecular weight excluding hydrogens is 432 g/mol. The average molecular weight is 465 g/mol. The van der Waals surface area contributed by atoms with Gasteiger partial charge in [0, 0.05) is 20.2 Å². The lowest BCUT2D eigenvalue weighted by Gasteiger charge is -2.08. The maximum atomic E-state index is 12.5. The molecule has 0 bridgehead atoms. The van der Waals surface area contributed by atoms with Crippen molar-refractivity contribution in [1.29, 1.82) is 0 Å². The van der Waals surface area contributed by atoms with Crippen LogP contribution in [0.15, 0.2) is 102 Å². The summed E-state index contributed by atoms with van der Waals surface area (Å²) in [6.45, 7) is 8.77. The molecule has 5 rings (SSSR count). The van der Waals surface area contributed by atoms with Crippen molar-refractivity contribution in [1.82, 2.24) is 0 Å². The second kappa shape index (κ2) is 10.8. The van der Waals surface area contributed by atoms with Gasteiger partial charge in [0.1, 0.15) is 0 Å². The normalized spacial score (nSPS) is 11.1. The van der Waals surface area contributed by atoms with Gasteiger partial charge < -0.3 is 0 Å². The third-order valence-corrected chi connectivity index (χ3v) is 7.29. The van der Waals surface area contributed by atoms with Crippen LogP contribution in [0.25, 0.3) is 20.2 Å². The molecule has 0 saturated heterocycles. The summed E-state index contributed by atoms with van der Waals surface area (Å²) in [6, 6.07) is 33.6. The third-order valence-electron chi connectivity index (χ3n) is 6.14. The predicted molar refractivity (Wildman–Crippen MR) is 149 cm³/mol. The van der Waals surface area contributed by atoms with E-state index in [1.165, 1.54) is 22.3 Å². The highest BCUT2D eigenvalue weighted by Gasteiger charge is 2.07. The van der Waals surface area contributed by atoms with Gasteiger partial charge in [0.2, 0.25) is 0 Å². The molecule has 34 heavy (non-hydrogen) atoms. The molecular formula is C32H32OS. The lowest BCUT2D eigenvalue weighted by atomic mass is 9.98. The molecule has 172 valence electrons. The van der Waals surface area contributed by atoms with Crippen LogP contribution in [-0.2, 0) is 6.42 Å². The maximum absolute atomic E-state index is 12.5. The fraction of sp³-hybridized carbons (Fsp3) is 0.219. The van der Waals surface area contributed by atoms with Crippen LogP contribution in [0, 0.1) is 0 Å². The summed E-state index contributed by atoms with van der Waals surface area (Å²) < 4.78 is 2.13. The molecule has 0 aliphatic carbocycles. The number of rotatable bonds is 4. The molecule has 1 nitrogen and oxygen atoms in total. The Kier molecular flexibility index (Phi) is 7.59. The fourth-order valence-electron chi connectivity index (χ4n) is 4.07. The summed E-state index contributed by atoms with van der Waals surface area (Å²) >= 11 is 1.69. The first-order valence-corrected chi connectivity index (χ1v) is 12.8. The van der Waals surface area contributed by atoms with E-state index in [-0.39, 0.29) is 5.43 Å². The molecule has 1 heterocycles. The summed E-state index contributed by atoms with van der Waals surface area (Å²) in [6.07, 6.45) is 1.03. The topological polar surface area (TPSA) is 17.1 Å². The zero-order chi connectivity index (χ0) is 24.1. The standard InChI is InChI=1S/C16H14OS.C16H18/c1-10(2)11-7-8-15-13(9-11)16(17)12-5-3-4-6-14(12)18-15;1-13(2)16-10-6-9-15(12-16)11-14-7-4-3-5-8-14/h3-10H,1-2H3;3-10,12-13H,11H2,1-2H3. The van der Waals surface area contributed by atoms with E-state index in [1.807, 2.05) is 30.3 Å². The van der Waals surface area contributed by atoms with E-state index in [2.05, 4.69) is 94.4 Å². The Balaban J connectivity index is 0.000000162. The van der Waals surface area contributed by atoms with Crippen molar-refractivity contribution in [3.05, 3.63) is 130 Å². The highest BCUT2D eigenvalue weighted by atomic mass is 32.1. The van der Waals surface area contributed by atoms with E-state index in [0.29, 0.717) is 11.8 Å². The smallest absolute Gasteiger partial charge is 0.195 e. The number of hydrogen-bond acceptors (Lipinski definition) is 2. The van der Waals surface area contributed by atoms with Gasteiger partial charge in [-0.15, -0.1) is 11.3 Å². The Labute approximate surface area is 206 Å². The van der Waals surface area contributed by atoms with Gasteiger partial charge >= 0.3 is 0 Å². The summed E-state index contributed by atoms with van der Waals surface area (Å²) in [5.74, 6) is 1.06. The molecule has 0 spiro atoms. The molecule has 0 fully saturated rings. The van der Waals surface area contributed by atoms with E-state index >= 15 is 0 Å². The zero-order valence-corrected chi connectivity index (χ0v) is 21.2. The van der Waals surface area contributed by atoms with Crippen LogP contribution in [0.3, 0.4) is 0 Å². The average Bonchev–Trinajstić information content (AvgIpc) is 2.85. The maximum Gasteiger partial charge on any atom is 0.195 e. The van der Waals surface area contributed by atoms with Crippen LogP contribution >= 0.6 is 11.3 Å². The monoisotopic (exact) mass is 464 g/mol. The number of benzene rings is 4. The highest BCUT2D eigenvalue weighted by molar-refractivity contribution is 7.24. The van der Waals surface area contributed by atoms with E-state index in [1.54, 1.807) is 11.3 Å². The minimum absolute atomic E-state index is 0.154. The summed E-state index contributed by atoms with van der Waals surface area (Å²) in [4.78, 5) is 12.5. The van der Waals surface area contributed by atoms with Gasteiger partial charge in [0.05, 0.1) is 0 Å². The second-order valence-corrected chi connectivity index (χ2v) is 10.5. The minimum atomic E-state index is 0.154. The van der Waals surface area contributed by atoms with Gasteiger partial charge in [-0.1, -0.05) is 100 Å². The van der Waals surface area contributed by atoms with Crippen LogP contribution in [0.1, 0.15) is 61.8 Å². The molecule has 0 radical (unpaired) electrons. The Bertz CT molecular complexity index is 1440. The van der Waals surface area contributed by atoms with Crippen LogP contribution in [0.2, 0.25) is 0 Å². The van der Waals surface area contributed by atoms with Crippen molar-refractivity contribution in [2.45, 2.75) is 46.0 Å². The Morgan fingerprint density at radius 3 is 1.94 bits per heavy atom. The predicted octanol–water partition coefficient (Wildman–Crippen LogP) is 8.94. The van der Waals surface area contributed by atoms with Crippen molar-refractivity contribution in [2.75, 3.05) is 0 Å². The van der Waals surface area contributed by atoms with Crippen LogP contribution in [0.5, 0.6) is 0 Å². The SMILES string of the molecule is CC(C)c1ccc2sc3ccccc3c(=O)c2c1.CC(C)c1cccc(Cc2ccccc2)c1. The lowest BCUT2D eigenvalue weighted by Crippen LogP contribution is -2.01. The molecule has 0 amide bonds. The van der Waals surface area contributed by atoms with Crippen LogP contribution in [0.4, 0.5) is 0 Å². The van der Waals surface area contributed by atoms with Gasteiger partial charge in [-0.05, 0) is 64.8 Å².